The Morgan fingerprint density at radius 1 is 1.53 bits per heavy atom. The first-order valence-corrected chi connectivity index (χ1v) is 5.82. The summed E-state index contributed by atoms with van der Waals surface area (Å²) < 4.78 is 2.18. The average Bonchev–Trinajstić information content (AvgIpc) is 2.69. The first-order chi connectivity index (χ1) is 8.08. The van der Waals surface area contributed by atoms with Crippen LogP contribution in [0, 0.1) is 0 Å². The van der Waals surface area contributed by atoms with E-state index in [1.165, 1.54) is 10.9 Å². The first kappa shape index (κ1) is 12.1. The molecule has 1 aromatic heterocycles. The van der Waals surface area contributed by atoms with E-state index in [1.807, 2.05) is 0 Å². The maximum atomic E-state index is 10.7. The van der Waals surface area contributed by atoms with Crippen LogP contribution >= 0.6 is 27.5 Å². The van der Waals surface area contributed by atoms with Gasteiger partial charge in [0, 0.05) is 4.47 Å². The topological polar surface area (TPSA) is 68.0 Å². The van der Waals surface area contributed by atoms with Crippen molar-refractivity contribution in [3.8, 4) is 5.69 Å². The number of rotatable bonds is 3. The van der Waals surface area contributed by atoms with Crippen LogP contribution < -0.4 is 0 Å². The zero-order valence-corrected chi connectivity index (χ0v) is 10.8. The average molecular weight is 317 g/mol. The number of carbonyl (C=O) groups is 1. The van der Waals surface area contributed by atoms with Crippen molar-refractivity contribution in [2.75, 3.05) is 0 Å². The van der Waals surface area contributed by atoms with Crippen molar-refractivity contribution in [1.82, 2.24) is 15.0 Å². The summed E-state index contributed by atoms with van der Waals surface area (Å²) in [4.78, 5) is 10.7. The predicted octanol–water partition coefficient (Wildman–Crippen LogP) is 2.31. The second kappa shape index (κ2) is 4.85. The molecule has 0 radical (unpaired) electrons. The molecule has 0 saturated carbocycles. The number of nitrogens with zero attached hydrogens (tertiary/aromatic N) is 3. The first-order valence-electron chi connectivity index (χ1n) is 4.64. The van der Waals surface area contributed by atoms with Crippen LogP contribution in [0.3, 0.4) is 0 Å². The predicted molar refractivity (Wildman–Crippen MR) is 65.4 cm³/mol. The molecule has 2 aromatic rings. The van der Waals surface area contributed by atoms with Crippen molar-refractivity contribution in [3.05, 3.63) is 39.6 Å². The molecule has 5 nitrogen and oxygen atoms in total. The van der Waals surface area contributed by atoms with E-state index in [0.717, 1.165) is 0 Å². The summed E-state index contributed by atoms with van der Waals surface area (Å²) >= 11 is 9.18. The quantitative estimate of drug-likeness (QED) is 0.943. The SMILES string of the molecule is O=C(O)Cc1cnnn1-c1ccc(Cl)c(Br)c1. The van der Waals surface area contributed by atoms with E-state index in [-0.39, 0.29) is 6.42 Å². The molecule has 17 heavy (non-hydrogen) atoms. The van der Waals surface area contributed by atoms with Crippen LogP contribution in [-0.2, 0) is 11.2 Å². The Morgan fingerprint density at radius 2 is 2.29 bits per heavy atom. The normalized spacial score (nSPS) is 10.5. The molecule has 0 fully saturated rings. The fourth-order valence-electron chi connectivity index (χ4n) is 1.37. The van der Waals surface area contributed by atoms with Crippen molar-refractivity contribution in [3.63, 3.8) is 0 Å². The minimum Gasteiger partial charge on any atom is -0.481 e. The van der Waals surface area contributed by atoms with Gasteiger partial charge >= 0.3 is 5.97 Å². The van der Waals surface area contributed by atoms with E-state index < -0.39 is 5.97 Å². The van der Waals surface area contributed by atoms with Gasteiger partial charge in [-0.25, -0.2) is 4.68 Å². The lowest BCUT2D eigenvalue weighted by Gasteiger charge is -2.05. The molecular weight excluding hydrogens is 309 g/mol. The van der Waals surface area contributed by atoms with Crippen LogP contribution in [0.1, 0.15) is 5.69 Å². The molecule has 0 saturated heterocycles. The van der Waals surface area contributed by atoms with Crippen LogP contribution in [0.4, 0.5) is 0 Å². The number of aromatic nitrogens is 3. The minimum atomic E-state index is -0.929. The van der Waals surface area contributed by atoms with E-state index in [1.54, 1.807) is 18.2 Å². The summed E-state index contributed by atoms with van der Waals surface area (Å²) in [5.74, 6) is -0.929. The fraction of sp³-hybridized carbons (Fsp3) is 0.100. The number of carboxylic acids is 1. The van der Waals surface area contributed by atoms with E-state index in [4.69, 9.17) is 16.7 Å². The number of hydrogen-bond donors (Lipinski definition) is 1. The van der Waals surface area contributed by atoms with Crippen molar-refractivity contribution >= 4 is 33.5 Å². The number of halogens is 2. The summed E-state index contributed by atoms with van der Waals surface area (Å²) in [6.07, 6.45) is 1.30. The zero-order valence-electron chi connectivity index (χ0n) is 8.47. The minimum absolute atomic E-state index is 0.132. The maximum absolute atomic E-state index is 10.7. The number of benzene rings is 1. The molecule has 0 amide bonds. The molecule has 0 unspecified atom stereocenters. The van der Waals surface area contributed by atoms with Gasteiger partial charge in [-0.1, -0.05) is 16.8 Å². The highest BCUT2D eigenvalue weighted by molar-refractivity contribution is 9.10. The fourth-order valence-corrected chi connectivity index (χ4v) is 1.85. The largest absolute Gasteiger partial charge is 0.481 e. The Hall–Kier alpha value is -1.40. The third-order valence-corrected chi connectivity index (χ3v) is 3.31. The van der Waals surface area contributed by atoms with Gasteiger partial charge in [-0.05, 0) is 34.1 Å². The Morgan fingerprint density at radius 3 is 2.94 bits per heavy atom. The Bertz CT molecular complexity index is 570. The van der Waals surface area contributed by atoms with Gasteiger partial charge in [-0.15, -0.1) is 5.10 Å². The Balaban J connectivity index is 2.42. The van der Waals surface area contributed by atoms with Gasteiger partial charge in [0.2, 0.25) is 0 Å². The molecule has 1 aromatic carbocycles. The highest BCUT2D eigenvalue weighted by Crippen LogP contribution is 2.25. The number of carboxylic acid groups (broad SMARTS) is 1. The Labute approximate surface area is 110 Å². The highest BCUT2D eigenvalue weighted by Gasteiger charge is 2.10. The molecule has 0 spiro atoms. The lowest BCUT2D eigenvalue weighted by Crippen LogP contribution is -2.07. The third-order valence-electron chi connectivity index (χ3n) is 2.10. The molecule has 0 bridgehead atoms. The van der Waals surface area contributed by atoms with Crippen LogP contribution in [-0.4, -0.2) is 26.1 Å². The van der Waals surface area contributed by atoms with E-state index >= 15 is 0 Å². The van der Waals surface area contributed by atoms with Gasteiger partial charge in [0.25, 0.3) is 0 Å². The summed E-state index contributed by atoms with van der Waals surface area (Å²) in [6.45, 7) is 0. The molecule has 1 N–H and O–H groups in total. The van der Waals surface area contributed by atoms with Crippen LogP contribution in [0.5, 0.6) is 0 Å². The standard InChI is InChI=1S/C10H7BrClN3O2/c11-8-3-6(1-2-9(8)12)15-7(4-10(16)17)5-13-14-15/h1-3,5H,4H2,(H,16,17). The Kier molecular flexibility index (Phi) is 3.44. The molecule has 0 aliphatic rings. The monoisotopic (exact) mass is 315 g/mol. The zero-order chi connectivity index (χ0) is 12.4. The smallest absolute Gasteiger partial charge is 0.309 e. The second-order valence-corrected chi connectivity index (χ2v) is 4.57. The van der Waals surface area contributed by atoms with Gasteiger partial charge in [-0.2, -0.15) is 0 Å². The summed E-state index contributed by atoms with van der Waals surface area (Å²) in [5.41, 5.74) is 1.21. The number of hydrogen-bond acceptors (Lipinski definition) is 3. The molecule has 88 valence electrons. The van der Waals surface area contributed by atoms with E-state index in [2.05, 4.69) is 26.2 Å². The molecule has 2 rings (SSSR count). The maximum Gasteiger partial charge on any atom is 0.309 e. The van der Waals surface area contributed by atoms with E-state index in [9.17, 15) is 4.79 Å². The molecule has 0 aliphatic heterocycles. The molecule has 0 atom stereocenters. The lowest BCUT2D eigenvalue weighted by molar-refractivity contribution is -0.136. The van der Waals surface area contributed by atoms with Gasteiger partial charge in [0.1, 0.15) is 0 Å². The van der Waals surface area contributed by atoms with Crippen molar-refractivity contribution in [1.29, 1.82) is 0 Å². The van der Waals surface area contributed by atoms with Crippen molar-refractivity contribution < 1.29 is 9.90 Å². The highest BCUT2D eigenvalue weighted by atomic mass is 79.9. The molecule has 1 heterocycles. The summed E-state index contributed by atoms with van der Waals surface area (Å²) in [5, 5.41) is 16.9. The van der Waals surface area contributed by atoms with Crippen LogP contribution in [0.15, 0.2) is 28.9 Å². The van der Waals surface area contributed by atoms with Gasteiger partial charge in [-0.3, -0.25) is 4.79 Å². The molecular formula is C10H7BrClN3O2. The van der Waals surface area contributed by atoms with Crippen molar-refractivity contribution in [2.24, 2.45) is 0 Å². The van der Waals surface area contributed by atoms with Gasteiger partial charge in [0.15, 0.2) is 0 Å². The third kappa shape index (κ3) is 2.65. The van der Waals surface area contributed by atoms with E-state index in [0.29, 0.717) is 20.9 Å². The second-order valence-electron chi connectivity index (χ2n) is 3.31. The summed E-state index contributed by atoms with van der Waals surface area (Å²) in [6, 6.07) is 5.20. The lowest BCUT2D eigenvalue weighted by atomic mass is 10.3. The molecule has 0 aliphatic carbocycles. The van der Waals surface area contributed by atoms with Crippen LogP contribution in [0.25, 0.3) is 5.69 Å². The van der Waals surface area contributed by atoms with Crippen molar-refractivity contribution in [2.45, 2.75) is 6.42 Å². The molecule has 7 heteroatoms. The summed E-state index contributed by atoms with van der Waals surface area (Å²) in [7, 11) is 0. The number of aliphatic carboxylic acids is 1. The van der Waals surface area contributed by atoms with Gasteiger partial charge in [0.05, 0.1) is 29.0 Å². The van der Waals surface area contributed by atoms with Gasteiger partial charge < -0.3 is 5.11 Å². The van der Waals surface area contributed by atoms with Crippen LogP contribution in [0.2, 0.25) is 5.02 Å².